The average molecular weight is 163 g/mol. The smallest absolute Gasteiger partial charge is 0.0152 e. The molecule has 0 aromatic rings. The molecule has 0 radical (unpaired) electrons. The first-order valence-corrected chi connectivity index (χ1v) is 3.44. The maximum absolute atomic E-state index is 3.42. The first kappa shape index (κ1) is 7.22. The first-order chi connectivity index (χ1) is 3.27. The van der Waals surface area contributed by atoms with E-state index < -0.39 is 0 Å². The van der Waals surface area contributed by atoms with E-state index in [0.29, 0.717) is 4.83 Å². The van der Waals surface area contributed by atoms with E-state index in [4.69, 9.17) is 0 Å². The van der Waals surface area contributed by atoms with Crippen molar-refractivity contribution in [2.75, 3.05) is 0 Å². The summed E-state index contributed by atoms with van der Waals surface area (Å²) in [4.78, 5) is 0.628. The second-order valence-electron chi connectivity index (χ2n) is 1.59. The Labute approximate surface area is 53.7 Å². The van der Waals surface area contributed by atoms with E-state index in [1.165, 1.54) is 0 Å². The van der Waals surface area contributed by atoms with Gasteiger partial charge in [0, 0.05) is 4.83 Å². The molecule has 0 N–H and O–H groups in total. The lowest BCUT2D eigenvalue weighted by Gasteiger charge is -1.91. The lowest BCUT2D eigenvalue weighted by Crippen LogP contribution is -1.82. The van der Waals surface area contributed by atoms with Gasteiger partial charge in [-0.15, -0.1) is 0 Å². The Hall–Kier alpha value is 0.220. The highest BCUT2D eigenvalue weighted by Crippen LogP contribution is 2.02. The van der Waals surface area contributed by atoms with Gasteiger partial charge in [0.2, 0.25) is 0 Å². The largest absolute Gasteiger partial charge is 0.0916 e. The predicted molar refractivity (Wildman–Crippen MR) is 37.8 cm³/mol. The molecule has 0 rings (SSSR count). The minimum absolute atomic E-state index is 0.628. The summed E-state index contributed by atoms with van der Waals surface area (Å²) in [5.41, 5.74) is 0. The first-order valence-electron chi connectivity index (χ1n) is 2.52. The highest BCUT2D eigenvalue weighted by atomic mass is 79.9. The maximum Gasteiger partial charge on any atom is 0.0152 e. The van der Waals surface area contributed by atoms with Gasteiger partial charge in [0.05, 0.1) is 0 Å². The van der Waals surface area contributed by atoms with Crippen LogP contribution in [0, 0.1) is 0 Å². The van der Waals surface area contributed by atoms with E-state index in [1.54, 1.807) is 0 Å². The van der Waals surface area contributed by atoms with Crippen molar-refractivity contribution in [2.24, 2.45) is 0 Å². The minimum atomic E-state index is 0.628. The molecule has 0 saturated heterocycles. The molecule has 0 bridgehead atoms. The minimum Gasteiger partial charge on any atom is -0.0916 e. The Morgan fingerprint density at radius 3 is 2.43 bits per heavy atom. The standard InChI is InChI=1S/C6H11Br/c1-3-4-5-6(2)7/h3-4,6H,5H2,1-2H3/b4-3-. The summed E-state index contributed by atoms with van der Waals surface area (Å²) < 4.78 is 0. The number of halogens is 1. The highest BCUT2D eigenvalue weighted by Gasteiger charge is 1.86. The fourth-order valence-corrected chi connectivity index (χ4v) is 0.539. The van der Waals surface area contributed by atoms with E-state index in [-0.39, 0.29) is 0 Å². The van der Waals surface area contributed by atoms with Crippen molar-refractivity contribution in [3.05, 3.63) is 12.2 Å². The highest BCUT2D eigenvalue weighted by molar-refractivity contribution is 9.09. The zero-order chi connectivity index (χ0) is 5.70. The van der Waals surface area contributed by atoms with Gasteiger partial charge in [-0.3, -0.25) is 0 Å². The average Bonchev–Trinajstić information content (AvgIpc) is 1.61. The van der Waals surface area contributed by atoms with Crippen LogP contribution in [-0.2, 0) is 0 Å². The molecule has 1 heteroatoms. The maximum atomic E-state index is 3.42. The number of hydrogen-bond donors (Lipinski definition) is 0. The van der Waals surface area contributed by atoms with Crippen molar-refractivity contribution in [1.82, 2.24) is 0 Å². The van der Waals surface area contributed by atoms with E-state index in [0.717, 1.165) is 6.42 Å². The lowest BCUT2D eigenvalue weighted by molar-refractivity contribution is 0.998. The van der Waals surface area contributed by atoms with E-state index in [2.05, 4.69) is 35.0 Å². The normalized spacial score (nSPS) is 15.3. The quantitative estimate of drug-likeness (QED) is 0.433. The zero-order valence-corrected chi connectivity index (χ0v) is 6.40. The van der Waals surface area contributed by atoms with Crippen molar-refractivity contribution in [2.45, 2.75) is 25.1 Å². The molecule has 0 nitrogen and oxygen atoms in total. The second-order valence-corrected chi connectivity index (χ2v) is 3.15. The van der Waals surface area contributed by atoms with Crippen LogP contribution < -0.4 is 0 Å². The predicted octanol–water partition coefficient (Wildman–Crippen LogP) is 2.74. The number of alkyl halides is 1. The van der Waals surface area contributed by atoms with Gasteiger partial charge in [-0.1, -0.05) is 35.0 Å². The fourth-order valence-electron chi connectivity index (χ4n) is 0.324. The fraction of sp³-hybridized carbons (Fsp3) is 0.667. The summed E-state index contributed by atoms with van der Waals surface area (Å²) in [5.74, 6) is 0. The van der Waals surface area contributed by atoms with E-state index in [1.807, 2.05) is 6.92 Å². The SMILES string of the molecule is C/C=C\CC(C)Br. The van der Waals surface area contributed by atoms with Crippen LogP contribution in [0.5, 0.6) is 0 Å². The van der Waals surface area contributed by atoms with Gasteiger partial charge < -0.3 is 0 Å². The van der Waals surface area contributed by atoms with Gasteiger partial charge in [0.1, 0.15) is 0 Å². The molecule has 0 aliphatic heterocycles. The monoisotopic (exact) mass is 162 g/mol. The van der Waals surface area contributed by atoms with Gasteiger partial charge >= 0.3 is 0 Å². The summed E-state index contributed by atoms with van der Waals surface area (Å²) in [6, 6.07) is 0. The van der Waals surface area contributed by atoms with Crippen LogP contribution >= 0.6 is 15.9 Å². The van der Waals surface area contributed by atoms with Crippen molar-refractivity contribution < 1.29 is 0 Å². The molecular weight excluding hydrogens is 152 g/mol. The van der Waals surface area contributed by atoms with Crippen LogP contribution in [0.2, 0.25) is 0 Å². The molecule has 0 aliphatic rings. The van der Waals surface area contributed by atoms with Crippen LogP contribution in [0.25, 0.3) is 0 Å². The third-order valence-corrected chi connectivity index (χ3v) is 1.07. The Bertz CT molecular complexity index is 55.2. The zero-order valence-electron chi connectivity index (χ0n) is 4.82. The Morgan fingerprint density at radius 2 is 2.29 bits per heavy atom. The summed E-state index contributed by atoms with van der Waals surface area (Å²) in [7, 11) is 0. The van der Waals surface area contributed by atoms with Crippen LogP contribution in [-0.4, -0.2) is 4.83 Å². The van der Waals surface area contributed by atoms with Gasteiger partial charge in [-0.2, -0.15) is 0 Å². The van der Waals surface area contributed by atoms with Gasteiger partial charge in [-0.05, 0) is 13.3 Å². The third-order valence-electron chi connectivity index (χ3n) is 0.697. The molecule has 0 heterocycles. The molecule has 0 fully saturated rings. The van der Waals surface area contributed by atoms with E-state index in [9.17, 15) is 0 Å². The summed E-state index contributed by atoms with van der Waals surface area (Å²) in [6.07, 6.45) is 5.35. The van der Waals surface area contributed by atoms with Gasteiger partial charge in [0.25, 0.3) is 0 Å². The molecule has 1 unspecified atom stereocenters. The van der Waals surface area contributed by atoms with Crippen molar-refractivity contribution >= 4 is 15.9 Å². The lowest BCUT2D eigenvalue weighted by atomic mass is 10.3. The molecule has 0 saturated carbocycles. The second kappa shape index (κ2) is 4.38. The van der Waals surface area contributed by atoms with E-state index >= 15 is 0 Å². The molecule has 0 aliphatic carbocycles. The molecule has 0 spiro atoms. The van der Waals surface area contributed by atoms with Gasteiger partial charge in [0.15, 0.2) is 0 Å². The topological polar surface area (TPSA) is 0 Å². The third kappa shape index (κ3) is 6.22. The Morgan fingerprint density at radius 1 is 1.71 bits per heavy atom. The number of allylic oxidation sites excluding steroid dienone is 2. The van der Waals surface area contributed by atoms with Crippen molar-refractivity contribution in [3.8, 4) is 0 Å². The van der Waals surface area contributed by atoms with Crippen molar-refractivity contribution in [3.63, 3.8) is 0 Å². The molecule has 7 heavy (non-hydrogen) atoms. The van der Waals surface area contributed by atoms with Crippen LogP contribution in [0.1, 0.15) is 20.3 Å². The molecule has 0 aromatic carbocycles. The Kier molecular flexibility index (Phi) is 4.52. The summed E-state index contributed by atoms with van der Waals surface area (Å²) in [6.45, 7) is 4.18. The molecule has 1 atom stereocenters. The van der Waals surface area contributed by atoms with Gasteiger partial charge in [-0.25, -0.2) is 0 Å². The molecular formula is C6H11Br. The Balaban J connectivity index is 2.97. The number of rotatable bonds is 2. The van der Waals surface area contributed by atoms with Crippen molar-refractivity contribution in [1.29, 1.82) is 0 Å². The molecule has 0 aromatic heterocycles. The molecule has 42 valence electrons. The summed E-state index contributed by atoms with van der Waals surface area (Å²) in [5, 5.41) is 0. The number of hydrogen-bond acceptors (Lipinski definition) is 0. The molecule has 0 amide bonds. The van der Waals surface area contributed by atoms with Crippen LogP contribution in [0.4, 0.5) is 0 Å². The summed E-state index contributed by atoms with van der Waals surface area (Å²) >= 11 is 3.42. The van der Waals surface area contributed by atoms with Crippen LogP contribution in [0.15, 0.2) is 12.2 Å². The van der Waals surface area contributed by atoms with Crippen LogP contribution in [0.3, 0.4) is 0 Å².